The van der Waals surface area contributed by atoms with Gasteiger partial charge in [-0.25, -0.2) is 9.40 Å². The van der Waals surface area contributed by atoms with Crippen LogP contribution in [0, 0.1) is 5.82 Å². The summed E-state index contributed by atoms with van der Waals surface area (Å²) in [5, 5.41) is 5.72. The fourth-order valence-corrected chi connectivity index (χ4v) is 2.45. The highest BCUT2D eigenvalue weighted by Crippen LogP contribution is 2.34. The van der Waals surface area contributed by atoms with Crippen molar-refractivity contribution in [1.29, 1.82) is 0 Å². The Labute approximate surface area is 126 Å². The summed E-state index contributed by atoms with van der Waals surface area (Å²) in [6.45, 7) is 0. The van der Waals surface area contributed by atoms with Crippen molar-refractivity contribution in [2.45, 2.75) is 12.5 Å². The van der Waals surface area contributed by atoms with Crippen molar-refractivity contribution in [2.24, 2.45) is 5.10 Å². The lowest BCUT2D eigenvalue weighted by Gasteiger charge is -2.36. The summed E-state index contributed by atoms with van der Waals surface area (Å²) in [6.07, 6.45) is 1.71. The van der Waals surface area contributed by atoms with Gasteiger partial charge in [0.2, 0.25) is 5.91 Å². The molecule has 0 bridgehead atoms. The van der Waals surface area contributed by atoms with Gasteiger partial charge >= 0.3 is 0 Å². The standard InChI is InChI=1S/C16H12ClFN2O/c17-13-7-4-8-14(18)12(13)10-19-20-15(9-16(20)21)11-5-2-1-3-6-11/h1-8,10,15H,9H2. The summed E-state index contributed by atoms with van der Waals surface area (Å²) in [7, 11) is 0. The van der Waals surface area contributed by atoms with E-state index in [4.69, 9.17) is 11.6 Å². The van der Waals surface area contributed by atoms with E-state index in [9.17, 15) is 9.18 Å². The molecule has 106 valence electrons. The molecule has 0 radical (unpaired) electrons. The molecule has 3 nitrogen and oxygen atoms in total. The van der Waals surface area contributed by atoms with E-state index in [2.05, 4.69) is 5.10 Å². The van der Waals surface area contributed by atoms with Crippen LogP contribution in [0.15, 0.2) is 53.6 Å². The number of hydrogen-bond donors (Lipinski definition) is 0. The molecular weight excluding hydrogens is 291 g/mol. The number of nitrogens with zero attached hydrogens (tertiary/aromatic N) is 2. The number of carbonyl (C=O) groups excluding carboxylic acids is 1. The molecule has 21 heavy (non-hydrogen) atoms. The van der Waals surface area contributed by atoms with Crippen molar-refractivity contribution in [3.05, 3.63) is 70.5 Å². The van der Waals surface area contributed by atoms with Crippen LogP contribution < -0.4 is 0 Å². The van der Waals surface area contributed by atoms with Gasteiger partial charge in [-0.3, -0.25) is 4.79 Å². The van der Waals surface area contributed by atoms with E-state index in [1.54, 1.807) is 6.07 Å². The highest BCUT2D eigenvalue weighted by Gasteiger charge is 2.37. The molecule has 5 heteroatoms. The molecule has 0 aromatic heterocycles. The summed E-state index contributed by atoms with van der Waals surface area (Å²) in [5.41, 5.74) is 1.19. The van der Waals surface area contributed by atoms with Gasteiger partial charge in [0.15, 0.2) is 0 Å². The molecule has 0 saturated carbocycles. The van der Waals surface area contributed by atoms with E-state index in [1.165, 1.54) is 23.4 Å². The zero-order valence-electron chi connectivity index (χ0n) is 11.0. The largest absolute Gasteiger partial charge is 0.273 e. The number of amides is 1. The zero-order valence-corrected chi connectivity index (χ0v) is 11.8. The number of β-lactam (4-membered cyclic amide) rings is 1. The first-order chi connectivity index (χ1) is 10.2. The summed E-state index contributed by atoms with van der Waals surface area (Å²) >= 11 is 5.93. The average Bonchev–Trinajstić information content (AvgIpc) is 2.48. The van der Waals surface area contributed by atoms with Crippen molar-refractivity contribution in [1.82, 2.24) is 5.01 Å². The maximum absolute atomic E-state index is 13.7. The Morgan fingerprint density at radius 1 is 1.19 bits per heavy atom. The van der Waals surface area contributed by atoms with Gasteiger partial charge in [0.05, 0.1) is 23.7 Å². The van der Waals surface area contributed by atoms with Crippen LogP contribution in [0.5, 0.6) is 0 Å². The second kappa shape index (κ2) is 5.66. The van der Waals surface area contributed by atoms with Crippen LogP contribution in [-0.2, 0) is 4.79 Å². The Morgan fingerprint density at radius 3 is 2.62 bits per heavy atom. The highest BCUT2D eigenvalue weighted by molar-refractivity contribution is 6.33. The molecule has 1 saturated heterocycles. The van der Waals surface area contributed by atoms with Gasteiger partial charge in [-0.15, -0.1) is 0 Å². The quantitative estimate of drug-likeness (QED) is 0.627. The van der Waals surface area contributed by atoms with E-state index in [0.29, 0.717) is 6.42 Å². The molecular formula is C16H12ClFN2O. The molecule has 1 heterocycles. The molecule has 0 N–H and O–H groups in total. The Balaban J connectivity index is 1.83. The fourth-order valence-electron chi connectivity index (χ4n) is 2.24. The molecule has 1 amide bonds. The predicted octanol–water partition coefficient (Wildman–Crippen LogP) is 3.79. The number of hydrazone groups is 1. The smallest absolute Gasteiger partial charge is 0.245 e. The van der Waals surface area contributed by atoms with Crippen LogP contribution in [-0.4, -0.2) is 17.1 Å². The van der Waals surface area contributed by atoms with Crippen LogP contribution in [0.2, 0.25) is 5.02 Å². The third-order valence-corrected chi connectivity index (χ3v) is 3.74. The lowest BCUT2D eigenvalue weighted by molar-refractivity contribution is -0.146. The van der Waals surface area contributed by atoms with Gasteiger partial charge < -0.3 is 0 Å². The second-order valence-electron chi connectivity index (χ2n) is 4.75. The van der Waals surface area contributed by atoms with Crippen molar-refractivity contribution < 1.29 is 9.18 Å². The number of rotatable bonds is 3. The molecule has 3 rings (SSSR count). The Morgan fingerprint density at radius 2 is 1.95 bits per heavy atom. The second-order valence-corrected chi connectivity index (χ2v) is 5.16. The lowest BCUT2D eigenvalue weighted by Crippen LogP contribution is -2.42. The van der Waals surface area contributed by atoms with Crippen molar-refractivity contribution in [3.63, 3.8) is 0 Å². The Kier molecular flexibility index (Phi) is 3.71. The first kappa shape index (κ1) is 13.8. The van der Waals surface area contributed by atoms with E-state index in [0.717, 1.165) is 5.56 Å². The van der Waals surface area contributed by atoms with Gasteiger partial charge in [0.1, 0.15) is 5.82 Å². The number of hydrogen-bond acceptors (Lipinski definition) is 2. The van der Waals surface area contributed by atoms with Gasteiger partial charge in [-0.05, 0) is 17.7 Å². The lowest BCUT2D eigenvalue weighted by atomic mass is 9.96. The van der Waals surface area contributed by atoms with Crippen LogP contribution in [0.1, 0.15) is 23.6 Å². The Hall–Kier alpha value is -2.20. The van der Waals surface area contributed by atoms with Crippen LogP contribution in [0.25, 0.3) is 0 Å². The summed E-state index contributed by atoms with van der Waals surface area (Å²) in [4.78, 5) is 11.7. The van der Waals surface area contributed by atoms with E-state index < -0.39 is 5.82 Å². The number of halogens is 2. The number of benzene rings is 2. The van der Waals surface area contributed by atoms with Crippen molar-refractivity contribution in [3.8, 4) is 0 Å². The molecule has 1 atom stereocenters. The van der Waals surface area contributed by atoms with Gasteiger partial charge in [-0.2, -0.15) is 5.10 Å². The van der Waals surface area contributed by atoms with Gasteiger partial charge in [0, 0.05) is 5.56 Å². The SMILES string of the molecule is O=C1CC(c2ccccc2)N1N=Cc1c(F)cccc1Cl. The molecule has 0 spiro atoms. The minimum atomic E-state index is -0.463. The minimum Gasteiger partial charge on any atom is -0.273 e. The van der Waals surface area contributed by atoms with Crippen LogP contribution in [0.4, 0.5) is 4.39 Å². The summed E-state index contributed by atoms with van der Waals surface area (Å²) < 4.78 is 13.7. The summed E-state index contributed by atoms with van der Waals surface area (Å²) in [6, 6.07) is 13.9. The first-order valence-electron chi connectivity index (χ1n) is 6.52. The van der Waals surface area contributed by atoms with Gasteiger partial charge in [-0.1, -0.05) is 48.0 Å². The molecule has 2 aromatic rings. The van der Waals surface area contributed by atoms with E-state index >= 15 is 0 Å². The Bertz CT molecular complexity index is 682. The third kappa shape index (κ3) is 2.67. The fraction of sp³-hybridized carbons (Fsp3) is 0.125. The molecule has 1 aliphatic rings. The predicted molar refractivity (Wildman–Crippen MR) is 79.7 cm³/mol. The topological polar surface area (TPSA) is 32.7 Å². The third-order valence-electron chi connectivity index (χ3n) is 3.41. The van der Waals surface area contributed by atoms with Crippen molar-refractivity contribution >= 4 is 23.7 Å². The minimum absolute atomic E-state index is 0.0902. The monoisotopic (exact) mass is 302 g/mol. The maximum atomic E-state index is 13.7. The number of carbonyl (C=O) groups is 1. The van der Waals surface area contributed by atoms with E-state index in [1.807, 2.05) is 30.3 Å². The highest BCUT2D eigenvalue weighted by atomic mass is 35.5. The molecule has 1 unspecified atom stereocenters. The normalized spacial score (nSPS) is 18.1. The molecule has 2 aromatic carbocycles. The molecule has 1 fully saturated rings. The zero-order chi connectivity index (χ0) is 14.8. The molecule has 1 aliphatic heterocycles. The van der Waals surface area contributed by atoms with E-state index in [-0.39, 0.29) is 22.5 Å². The van der Waals surface area contributed by atoms with Crippen molar-refractivity contribution in [2.75, 3.05) is 0 Å². The first-order valence-corrected chi connectivity index (χ1v) is 6.89. The van der Waals surface area contributed by atoms with Gasteiger partial charge in [0.25, 0.3) is 0 Å². The maximum Gasteiger partial charge on any atom is 0.245 e. The van der Waals surface area contributed by atoms with Crippen LogP contribution >= 0.6 is 11.6 Å². The van der Waals surface area contributed by atoms with Crippen LogP contribution in [0.3, 0.4) is 0 Å². The molecule has 0 aliphatic carbocycles. The average molecular weight is 303 g/mol. The summed E-state index contributed by atoms with van der Waals surface area (Å²) in [5.74, 6) is -0.553.